The first-order chi connectivity index (χ1) is 12.0. The molecule has 0 aliphatic heterocycles. The zero-order valence-corrected chi connectivity index (χ0v) is 15.0. The molecule has 1 amide bonds. The van der Waals surface area contributed by atoms with E-state index in [2.05, 4.69) is 24.0 Å². The fourth-order valence-electron chi connectivity index (χ4n) is 3.60. The minimum atomic E-state index is -0.291. The molecule has 1 aromatic carbocycles. The third-order valence-electron chi connectivity index (χ3n) is 5.06. The van der Waals surface area contributed by atoms with Crippen LogP contribution in [0.2, 0.25) is 0 Å². The monoisotopic (exact) mass is 338 g/mol. The van der Waals surface area contributed by atoms with E-state index < -0.39 is 0 Å². The van der Waals surface area contributed by atoms with Gasteiger partial charge in [-0.2, -0.15) is 0 Å². The van der Waals surface area contributed by atoms with Crippen LogP contribution in [-0.4, -0.2) is 40.6 Å². The second-order valence-electron chi connectivity index (χ2n) is 7.13. The first kappa shape index (κ1) is 17.6. The predicted octanol–water partition coefficient (Wildman–Crippen LogP) is 3.68. The standard InChI is InChI=1S/C21H26N2O2/c1-15-6-5-8-16(10-15)18-11-19(13-22-12-18)21(25)23(2)14-17-7-3-4-9-20(17)24/h5-6,8,10-13,17,20,24H,3-4,7,9,14H2,1-2H3. The van der Waals surface area contributed by atoms with Gasteiger partial charge in [-0.1, -0.05) is 42.7 Å². The average Bonchev–Trinajstić information content (AvgIpc) is 2.63. The van der Waals surface area contributed by atoms with Crippen molar-refractivity contribution in [2.75, 3.05) is 13.6 Å². The number of benzene rings is 1. The van der Waals surface area contributed by atoms with Crippen molar-refractivity contribution in [2.24, 2.45) is 5.92 Å². The quantitative estimate of drug-likeness (QED) is 0.925. The maximum atomic E-state index is 12.8. The average molecular weight is 338 g/mol. The third-order valence-corrected chi connectivity index (χ3v) is 5.06. The topological polar surface area (TPSA) is 53.4 Å². The number of hydrogen-bond donors (Lipinski definition) is 1. The Morgan fingerprint density at radius 2 is 2.00 bits per heavy atom. The smallest absolute Gasteiger partial charge is 0.255 e. The lowest BCUT2D eigenvalue weighted by molar-refractivity contribution is 0.0451. The zero-order valence-electron chi connectivity index (χ0n) is 15.0. The van der Waals surface area contributed by atoms with E-state index >= 15 is 0 Å². The Morgan fingerprint density at radius 1 is 1.20 bits per heavy atom. The molecule has 25 heavy (non-hydrogen) atoms. The van der Waals surface area contributed by atoms with Gasteiger partial charge in [0.2, 0.25) is 0 Å². The minimum absolute atomic E-state index is 0.0419. The molecule has 1 N–H and O–H groups in total. The Balaban J connectivity index is 1.74. The molecule has 1 aliphatic rings. The lowest BCUT2D eigenvalue weighted by atomic mass is 9.86. The van der Waals surface area contributed by atoms with Crippen LogP contribution in [-0.2, 0) is 0 Å². The third kappa shape index (κ3) is 4.26. The molecule has 1 fully saturated rings. The van der Waals surface area contributed by atoms with Crippen LogP contribution in [0, 0.1) is 12.8 Å². The van der Waals surface area contributed by atoms with Crippen molar-refractivity contribution in [3.8, 4) is 11.1 Å². The normalized spacial score (nSPS) is 20.3. The molecule has 0 bridgehead atoms. The molecule has 4 heteroatoms. The second kappa shape index (κ2) is 7.79. The molecule has 1 aliphatic carbocycles. The second-order valence-corrected chi connectivity index (χ2v) is 7.13. The Hall–Kier alpha value is -2.20. The van der Waals surface area contributed by atoms with E-state index in [1.807, 2.05) is 25.2 Å². The van der Waals surface area contributed by atoms with E-state index in [1.165, 1.54) is 5.56 Å². The highest BCUT2D eigenvalue weighted by atomic mass is 16.3. The highest BCUT2D eigenvalue weighted by molar-refractivity contribution is 5.95. The summed E-state index contributed by atoms with van der Waals surface area (Å²) in [4.78, 5) is 18.8. The van der Waals surface area contributed by atoms with E-state index in [1.54, 1.807) is 17.3 Å². The first-order valence-electron chi connectivity index (χ1n) is 9.00. The van der Waals surface area contributed by atoms with Crippen molar-refractivity contribution < 1.29 is 9.90 Å². The highest BCUT2D eigenvalue weighted by Gasteiger charge is 2.26. The Bertz CT molecular complexity index is 744. The van der Waals surface area contributed by atoms with E-state index in [4.69, 9.17) is 0 Å². The number of carbonyl (C=O) groups is 1. The molecule has 0 saturated heterocycles. The molecule has 2 unspecified atom stereocenters. The van der Waals surface area contributed by atoms with Crippen LogP contribution in [0.5, 0.6) is 0 Å². The predicted molar refractivity (Wildman–Crippen MR) is 99.3 cm³/mol. The van der Waals surface area contributed by atoms with Crippen molar-refractivity contribution in [1.29, 1.82) is 0 Å². The summed E-state index contributed by atoms with van der Waals surface area (Å²) in [5, 5.41) is 10.1. The van der Waals surface area contributed by atoms with E-state index in [0.717, 1.165) is 36.8 Å². The number of aromatic nitrogens is 1. The van der Waals surface area contributed by atoms with E-state index in [9.17, 15) is 9.90 Å². The summed E-state index contributed by atoms with van der Waals surface area (Å²) < 4.78 is 0. The molecular formula is C21H26N2O2. The summed E-state index contributed by atoms with van der Waals surface area (Å²) >= 11 is 0. The van der Waals surface area contributed by atoms with Gasteiger partial charge < -0.3 is 10.0 Å². The van der Waals surface area contributed by atoms with Gasteiger partial charge in [0.1, 0.15) is 0 Å². The van der Waals surface area contributed by atoms with Gasteiger partial charge in [-0.15, -0.1) is 0 Å². The van der Waals surface area contributed by atoms with E-state index in [-0.39, 0.29) is 17.9 Å². The number of aliphatic hydroxyl groups is 1. The Kier molecular flexibility index (Phi) is 5.49. The van der Waals surface area contributed by atoms with Crippen LogP contribution in [0.25, 0.3) is 11.1 Å². The van der Waals surface area contributed by atoms with Crippen LogP contribution in [0.4, 0.5) is 0 Å². The van der Waals surface area contributed by atoms with Gasteiger partial charge in [-0.3, -0.25) is 9.78 Å². The van der Waals surface area contributed by atoms with Crippen LogP contribution in [0.3, 0.4) is 0 Å². The summed E-state index contributed by atoms with van der Waals surface area (Å²) in [5.74, 6) is 0.135. The molecular weight excluding hydrogens is 312 g/mol. The summed E-state index contributed by atoms with van der Waals surface area (Å²) in [7, 11) is 1.81. The fourth-order valence-corrected chi connectivity index (χ4v) is 3.60. The van der Waals surface area contributed by atoms with Gasteiger partial charge in [-0.25, -0.2) is 0 Å². The number of rotatable bonds is 4. The summed E-state index contributed by atoms with van der Waals surface area (Å²) in [5.41, 5.74) is 3.78. The molecule has 2 atom stereocenters. The van der Waals surface area contributed by atoms with Gasteiger partial charge in [0.05, 0.1) is 11.7 Å². The number of aliphatic hydroxyl groups excluding tert-OH is 1. The zero-order chi connectivity index (χ0) is 17.8. The van der Waals surface area contributed by atoms with Crippen LogP contribution in [0.1, 0.15) is 41.6 Å². The number of aryl methyl sites for hydroxylation is 1. The Morgan fingerprint density at radius 3 is 2.76 bits per heavy atom. The molecule has 1 heterocycles. The highest BCUT2D eigenvalue weighted by Crippen LogP contribution is 2.26. The molecule has 1 aromatic heterocycles. The van der Waals surface area contributed by atoms with Crippen molar-refractivity contribution in [3.63, 3.8) is 0 Å². The molecule has 0 radical (unpaired) electrons. The minimum Gasteiger partial charge on any atom is -0.393 e. The SMILES string of the molecule is Cc1cccc(-c2cncc(C(=O)N(C)CC3CCCCC3O)c2)c1. The number of pyridine rings is 1. The lowest BCUT2D eigenvalue weighted by Crippen LogP contribution is -2.38. The molecule has 4 nitrogen and oxygen atoms in total. The van der Waals surface area contributed by atoms with Gasteiger partial charge in [-0.05, 0) is 31.4 Å². The number of nitrogens with zero attached hydrogens (tertiary/aromatic N) is 2. The molecule has 1 saturated carbocycles. The number of amides is 1. The van der Waals surface area contributed by atoms with Gasteiger partial charge in [0, 0.05) is 37.5 Å². The van der Waals surface area contributed by atoms with Gasteiger partial charge in [0.25, 0.3) is 5.91 Å². The fraction of sp³-hybridized carbons (Fsp3) is 0.429. The van der Waals surface area contributed by atoms with Gasteiger partial charge in [0.15, 0.2) is 0 Å². The van der Waals surface area contributed by atoms with Crippen molar-refractivity contribution in [3.05, 3.63) is 53.9 Å². The largest absolute Gasteiger partial charge is 0.393 e. The van der Waals surface area contributed by atoms with Gasteiger partial charge >= 0.3 is 0 Å². The molecule has 2 aromatic rings. The summed E-state index contributed by atoms with van der Waals surface area (Å²) in [6.45, 7) is 2.64. The molecule has 3 rings (SSSR count). The maximum absolute atomic E-state index is 12.8. The van der Waals surface area contributed by atoms with Crippen molar-refractivity contribution >= 4 is 5.91 Å². The summed E-state index contributed by atoms with van der Waals surface area (Å²) in [6.07, 6.45) is 7.16. The van der Waals surface area contributed by atoms with Crippen molar-refractivity contribution in [2.45, 2.75) is 38.7 Å². The summed E-state index contributed by atoms with van der Waals surface area (Å²) in [6, 6.07) is 10.1. The molecule has 0 spiro atoms. The Labute approximate surface area is 149 Å². The van der Waals surface area contributed by atoms with Crippen LogP contribution >= 0.6 is 0 Å². The van der Waals surface area contributed by atoms with Crippen LogP contribution in [0.15, 0.2) is 42.7 Å². The molecule has 132 valence electrons. The van der Waals surface area contributed by atoms with E-state index in [0.29, 0.717) is 12.1 Å². The van der Waals surface area contributed by atoms with Crippen LogP contribution < -0.4 is 0 Å². The number of hydrogen-bond acceptors (Lipinski definition) is 3. The maximum Gasteiger partial charge on any atom is 0.255 e. The number of carbonyl (C=O) groups excluding carboxylic acids is 1. The first-order valence-corrected chi connectivity index (χ1v) is 9.00. The lowest BCUT2D eigenvalue weighted by Gasteiger charge is -2.31. The van der Waals surface area contributed by atoms with Crippen molar-refractivity contribution in [1.82, 2.24) is 9.88 Å².